The fourth-order valence-corrected chi connectivity index (χ4v) is 3.63. The molecule has 0 heterocycles. The highest BCUT2D eigenvalue weighted by Gasteiger charge is 2.19. The molecule has 23 heavy (non-hydrogen) atoms. The minimum atomic E-state index is 0.239. The van der Waals surface area contributed by atoms with Gasteiger partial charge in [0.25, 0.3) is 0 Å². The summed E-state index contributed by atoms with van der Waals surface area (Å²) in [5, 5.41) is 9.92. The number of aromatic hydroxyl groups is 1. The van der Waals surface area contributed by atoms with E-state index in [1.165, 1.54) is 57.8 Å². The maximum absolute atomic E-state index is 9.92. The topological polar surface area (TPSA) is 29.5 Å². The number of para-hydroxylation sites is 1. The second-order valence-corrected chi connectivity index (χ2v) is 7.91. The Kier molecular flexibility index (Phi) is 7.42. The molecule has 0 bridgehead atoms. The van der Waals surface area contributed by atoms with Crippen molar-refractivity contribution in [2.24, 2.45) is 5.41 Å². The third-order valence-electron chi connectivity index (χ3n) is 5.06. The van der Waals surface area contributed by atoms with Crippen LogP contribution in [0.25, 0.3) is 0 Å². The zero-order valence-corrected chi connectivity index (χ0v) is 15.0. The molecule has 0 atom stereocenters. The summed E-state index contributed by atoms with van der Waals surface area (Å²) in [7, 11) is 0. The van der Waals surface area contributed by atoms with Crippen molar-refractivity contribution in [2.75, 3.05) is 6.61 Å². The molecule has 0 spiro atoms. The molecule has 0 radical (unpaired) electrons. The number of phenolic OH excluding ortho intramolecular Hbond substituents is 1. The molecule has 2 rings (SSSR count). The van der Waals surface area contributed by atoms with Crippen LogP contribution in [0.1, 0.15) is 77.2 Å². The number of unbranched alkanes of at least 4 members (excludes halogenated alkanes) is 2. The molecule has 0 aliphatic heterocycles. The minimum Gasteiger partial charge on any atom is -0.508 e. The highest BCUT2D eigenvalue weighted by atomic mass is 16.5. The number of hydrogen-bond donors (Lipinski definition) is 1. The largest absolute Gasteiger partial charge is 0.508 e. The van der Waals surface area contributed by atoms with Gasteiger partial charge in [-0.2, -0.15) is 0 Å². The van der Waals surface area contributed by atoms with Gasteiger partial charge in [-0.1, -0.05) is 64.2 Å². The summed E-state index contributed by atoms with van der Waals surface area (Å²) in [6.07, 6.45) is 13.0. The van der Waals surface area contributed by atoms with Crippen LogP contribution < -0.4 is 0 Å². The molecule has 1 aromatic carbocycles. The van der Waals surface area contributed by atoms with Gasteiger partial charge >= 0.3 is 0 Å². The fourth-order valence-electron chi connectivity index (χ4n) is 3.63. The van der Waals surface area contributed by atoms with Crippen LogP contribution in [0.15, 0.2) is 24.3 Å². The molecular formula is C21H34O2. The van der Waals surface area contributed by atoms with E-state index in [0.717, 1.165) is 18.6 Å². The van der Waals surface area contributed by atoms with Gasteiger partial charge in [0, 0.05) is 6.61 Å². The quantitative estimate of drug-likeness (QED) is 0.577. The Hall–Kier alpha value is -1.02. The predicted molar refractivity (Wildman–Crippen MR) is 96.9 cm³/mol. The first-order chi connectivity index (χ1) is 11.1. The maximum Gasteiger partial charge on any atom is 0.118 e. The highest BCUT2D eigenvalue weighted by molar-refractivity contribution is 5.32. The van der Waals surface area contributed by atoms with Crippen molar-refractivity contribution in [1.29, 1.82) is 0 Å². The van der Waals surface area contributed by atoms with E-state index >= 15 is 0 Å². The zero-order valence-electron chi connectivity index (χ0n) is 15.0. The van der Waals surface area contributed by atoms with Gasteiger partial charge in [-0.3, -0.25) is 0 Å². The lowest BCUT2D eigenvalue weighted by Crippen LogP contribution is -2.17. The number of rotatable bonds is 9. The smallest absolute Gasteiger partial charge is 0.118 e. The summed E-state index contributed by atoms with van der Waals surface area (Å²) in [5.74, 6) is 0.432. The molecule has 0 aromatic heterocycles. The van der Waals surface area contributed by atoms with Crippen molar-refractivity contribution in [3.8, 4) is 5.75 Å². The van der Waals surface area contributed by atoms with Gasteiger partial charge in [0.1, 0.15) is 5.75 Å². The number of ether oxygens (including phenoxy) is 1. The normalized spacial score (nSPS) is 16.6. The fraction of sp³-hybridized carbons (Fsp3) is 0.714. The summed E-state index contributed by atoms with van der Waals surface area (Å²) in [6, 6.07) is 7.72. The Labute approximate surface area is 142 Å². The monoisotopic (exact) mass is 318 g/mol. The van der Waals surface area contributed by atoms with E-state index in [0.29, 0.717) is 11.9 Å². The summed E-state index contributed by atoms with van der Waals surface area (Å²) in [5.41, 5.74) is 1.31. The lowest BCUT2D eigenvalue weighted by Gasteiger charge is -2.25. The average molecular weight is 319 g/mol. The molecule has 2 nitrogen and oxygen atoms in total. The van der Waals surface area contributed by atoms with Crippen LogP contribution in [0, 0.1) is 5.41 Å². The minimum absolute atomic E-state index is 0.239. The molecule has 2 heteroatoms. The van der Waals surface area contributed by atoms with Gasteiger partial charge in [-0.05, 0) is 49.1 Å². The molecule has 1 aromatic rings. The Morgan fingerprint density at radius 2 is 1.78 bits per heavy atom. The van der Waals surface area contributed by atoms with E-state index in [9.17, 15) is 5.11 Å². The van der Waals surface area contributed by atoms with E-state index < -0.39 is 0 Å². The summed E-state index contributed by atoms with van der Waals surface area (Å²) >= 11 is 0. The van der Waals surface area contributed by atoms with Gasteiger partial charge in [0.2, 0.25) is 0 Å². The molecular weight excluding hydrogens is 284 g/mol. The van der Waals surface area contributed by atoms with Crippen molar-refractivity contribution in [3.05, 3.63) is 29.8 Å². The molecule has 0 unspecified atom stereocenters. The van der Waals surface area contributed by atoms with Crippen LogP contribution in [0.5, 0.6) is 5.75 Å². The molecule has 0 amide bonds. The number of benzene rings is 1. The van der Waals surface area contributed by atoms with E-state index in [1.807, 2.05) is 18.2 Å². The molecule has 1 saturated carbocycles. The Bertz CT molecular complexity index is 447. The molecule has 1 fully saturated rings. The summed E-state index contributed by atoms with van der Waals surface area (Å²) in [6.45, 7) is 5.54. The maximum atomic E-state index is 9.92. The van der Waals surface area contributed by atoms with E-state index in [2.05, 4.69) is 13.8 Å². The molecule has 0 saturated heterocycles. The van der Waals surface area contributed by atoms with Crippen LogP contribution in [0.3, 0.4) is 0 Å². The van der Waals surface area contributed by atoms with Crippen LogP contribution in [-0.2, 0) is 11.2 Å². The van der Waals surface area contributed by atoms with Crippen LogP contribution in [0.2, 0.25) is 0 Å². The summed E-state index contributed by atoms with van der Waals surface area (Å²) < 4.78 is 5.99. The standard InChI is InChI=1S/C21H34O2/c1-21(2,17-18-11-7-8-14-20(18)22)15-9-4-10-16-23-19-12-5-3-6-13-19/h7-8,11,14,19,22H,3-6,9-10,12-13,15-17H2,1-2H3. The van der Waals surface area contributed by atoms with Gasteiger partial charge in [-0.25, -0.2) is 0 Å². The van der Waals surface area contributed by atoms with Crippen LogP contribution >= 0.6 is 0 Å². The molecule has 1 aliphatic carbocycles. The van der Waals surface area contributed by atoms with E-state index in [1.54, 1.807) is 6.07 Å². The lowest BCUT2D eigenvalue weighted by molar-refractivity contribution is 0.0260. The number of phenols is 1. The van der Waals surface area contributed by atoms with E-state index in [-0.39, 0.29) is 5.41 Å². The second-order valence-electron chi connectivity index (χ2n) is 7.91. The predicted octanol–water partition coefficient (Wildman–Crippen LogP) is 5.87. The van der Waals surface area contributed by atoms with Crippen molar-refractivity contribution >= 4 is 0 Å². The van der Waals surface area contributed by atoms with Crippen molar-refractivity contribution < 1.29 is 9.84 Å². The van der Waals surface area contributed by atoms with Crippen molar-refractivity contribution in [2.45, 2.75) is 84.2 Å². The van der Waals surface area contributed by atoms with Crippen LogP contribution in [0.4, 0.5) is 0 Å². The third kappa shape index (κ3) is 6.95. The SMILES string of the molecule is CC(C)(CCCCCOC1CCCCC1)Cc1ccccc1O. The van der Waals surface area contributed by atoms with Crippen molar-refractivity contribution in [1.82, 2.24) is 0 Å². The number of hydrogen-bond acceptors (Lipinski definition) is 2. The van der Waals surface area contributed by atoms with Crippen LogP contribution in [-0.4, -0.2) is 17.8 Å². The first-order valence-electron chi connectivity index (χ1n) is 9.45. The van der Waals surface area contributed by atoms with Gasteiger partial charge < -0.3 is 9.84 Å². The third-order valence-corrected chi connectivity index (χ3v) is 5.06. The Morgan fingerprint density at radius 1 is 1.04 bits per heavy atom. The zero-order chi connectivity index (χ0) is 16.5. The highest BCUT2D eigenvalue weighted by Crippen LogP contribution is 2.31. The second kappa shape index (κ2) is 9.32. The van der Waals surface area contributed by atoms with Gasteiger partial charge in [0.05, 0.1) is 6.10 Å². The Morgan fingerprint density at radius 3 is 2.52 bits per heavy atom. The first kappa shape index (κ1) is 18.3. The van der Waals surface area contributed by atoms with Gasteiger partial charge in [-0.15, -0.1) is 0 Å². The molecule has 1 N–H and O–H groups in total. The average Bonchev–Trinajstić information content (AvgIpc) is 2.54. The van der Waals surface area contributed by atoms with E-state index in [4.69, 9.17) is 4.74 Å². The molecule has 1 aliphatic rings. The van der Waals surface area contributed by atoms with Gasteiger partial charge in [0.15, 0.2) is 0 Å². The first-order valence-corrected chi connectivity index (χ1v) is 9.45. The molecule has 130 valence electrons. The van der Waals surface area contributed by atoms with Crippen molar-refractivity contribution in [3.63, 3.8) is 0 Å². The summed E-state index contributed by atoms with van der Waals surface area (Å²) in [4.78, 5) is 0. The Balaban J connectivity index is 1.58. The lowest BCUT2D eigenvalue weighted by atomic mass is 9.81.